The first kappa shape index (κ1) is 24.5. The maximum absolute atomic E-state index is 12.9. The highest BCUT2D eigenvalue weighted by Crippen LogP contribution is 2.23. The number of nitrogens with one attached hydrogen (secondary N) is 1. The number of piperazine rings is 1. The van der Waals surface area contributed by atoms with Crippen molar-refractivity contribution in [3.63, 3.8) is 0 Å². The van der Waals surface area contributed by atoms with Crippen molar-refractivity contribution in [1.29, 1.82) is 5.26 Å². The SMILES string of the molecule is N#Cc1ccc(CN2CCN(C(=O)Nc3cccc(COCC(F)(F)C(F)F)c3)CC2)cc1. The monoisotopic (exact) mass is 464 g/mol. The van der Waals surface area contributed by atoms with Crippen LogP contribution in [0.5, 0.6) is 0 Å². The van der Waals surface area contributed by atoms with Gasteiger partial charge in [0.2, 0.25) is 0 Å². The van der Waals surface area contributed by atoms with Crippen molar-refractivity contribution in [2.75, 3.05) is 38.1 Å². The van der Waals surface area contributed by atoms with Crippen LogP contribution in [0.2, 0.25) is 0 Å². The zero-order valence-electron chi connectivity index (χ0n) is 17.8. The van der Waals surface area contributed by atoms with Gasteiger partial charge in [-0.1, -0.05) is 24.3 Å². The molecule has 1 aliphatic heterocycles. The van der Waals surface area contributed by atoms with Gasteiger partial charge in [-0.05, 0) is 35.4 Å². The van der Waals surface area contributed by atoms with Crippen LogP contribution in [0.3, 0.4) is 0 Å². The molecule has 2 aromatic rings. The van der Waals surface area contributed by atoms with E-state index in [0.29, 0.717) is 43.0 Å². The summed E-state index contributed by atoms with van der Waals surface area (Å²) in [5, 5.41) is 11.6. The zero-order chi connectivity index (χ0) is 23.8. The molecule has 2 amide bonds. The molecule has 6 nitrogen and oxygen atoms in total. The number of halogens is 4. The number of nitrogens with zero attached hydrogens (tertiary/aromatic N) is 3. The average molecular weight is 464 g/mol. The maximum Gasteiger partial charge on any atom is 0.330 e. The molecule has 1 heterocycles. The first-order valence-electron chi connectivity index (χ1n) is 10.4. The quantitative estimate of drug-likeness (QED) is 0.591. The molecule has 1 fully saturated rings. The van der Waals surface area contributed by atoms with Crippen molar-refractivity contribution >= 4 is 11.7 Å². The molecule has 2 aromatic carbocycles. The van der Waals surface area contributed by atoms with Gasteiger partial charge in [0, 0.05) is 38.4 Å². The number of rotatable bonds is 8. The smallest absolute Gasteiger partial charge is 0.330 e. The molecule has 0 aliphatic carbocycles. The number of nitriles is 1. The lowest BCUT2D eigenvalue weighted by atomic mass is 10.1. The Bertz CT molecular complexity index is 971. The zero-order valence-corrected chi connectivity index (χ0v) is 17.8. The molecular formula is C23H24F4N4O2. The molecule has 176 valence electrons. The van der Waals surface area contributed by atoms with Crippen molar-refractivity contribution in [3.8, 4) is 6.07 Å². The van der Waals surface area contributed by atoms with Gasteiger partial charge < -0.3 is 15.0 Å². The largest absolute Gasteiger partial charge is 0.370 e. The van der Waals surface area contributed by atoms with Crippen molar-refractivity contribution < 1.29 is 27.1 Å². The minimum Gasteiger partial charge on any atom is -0.370 e. The lowest BCUT2D eigenvalue weighted by molar-refractivity contribution is -0.168. The molecule has 0 atom stereocenters. The second-order valence-electron chi connectivity index (χ2n) is 7.76. The fourth-order valence-corrected chi connectivity index (χ4v) is 3.36. The maximum atomic E-state index is 12.9. The van der Waals surface area contributed by atoms with E-state index < -0.39 is 19.0 Å². The standard InChI is InChI=1S/C23H24F4N4O2/c24-21(25)23(26,27)16-33-15-19-2-1-3-20(12-19)29-22(32)31-10-8-30(9-11-31)14-18-6-4-17(13-28)5-7-18/h1-7,12,21H,8-11,14-16H2,(H,29,32). The number of anilines is 1. The average Bonchev–Trinajstić information content (AvgIpc) is 2.80. The first-order valence-corrected chi connectivity index (χ1v) is 10.4. The van der Waals surface area contributed by atoms with Crippen LogP contribution >= 0.6 is 0 Å². The normalized spacial score (nSPS) is 14.8. The molecule has 0 unspecified atom stereocenters. The van der Waals surface area contributed by atoms with Gasteiger partial charge >= 0.3 is 18.4 Å². The van der Waals surface area contributed by atoms with E-state index in [1.165, 1.54) is 0 Å². The third-order valence-corrected chi connectivity index (χ3v) is 5.21. The van der Waals surface area contributed by atoms with Gasteiger partial charge in [0.05, 0.1) is 18.2 Å². The Hall–Kier alpha value is -3.16. The minimum atomic E-state index is -4.20. The summed E-state index contributed by atoms with van der Waals surface area (Å²) in [6.07, 6.45) is -3.78. The summed E-state index contributed by atoms with van der Waals surface area (Å²) in [5.74, 6) is -4.20. The number of hydrogen-bond acceptors (Lipinski definition) is 4. The molecule has 1 saturated heterocycles. The van der Waals surface area contributed by atoms with Crippen molar-refractivity contribution in [3.05, 3.63) is 65.2 Å². The number of amides is 2. The molecule has 0 bridgehead atoms. The van der Waals surface area contributed by atoms with Crippen LogP contribution in [0.25, 0.3) is 0 Å². The molecular weight excluding hydrogens is 440 g/mol. The minimum absolute atomic E-state index is 0.278. The van der Waals surface area contributed by atoms with Gasteiger partial charge in [0.15, 0.2) is 0 Å². The van der Waals surface area contributed by atoms with Crippen LogP contribution in [0.15, 0.2) is 48.5 Å². The van der Waals surface area contributed by atoms with Crippen LogP contribution in [0, 0.1) is 11.3 Å². The molecule has 1 aliphatic rings. The second-order valence-corrected chi connectivity index (χ2v) is 7.76. The molecule has 1 N–H and O–H groups in total. The van der Waals surface area contributed by atoms with E-state index in [4.69, 9.17) is 10.00 Å². The summed E-state index contributed by atoms with van der Waals surface area (Å²) in [5.41, 5.74) is 2.64. The summed E-state index contributed by atoms with van der Waals surface area (Å²) in [7, 11) is 0. The highest BCUT2D eigenvalue weighted by atomic mass is 19.3. The molecule has 10 heteroatoms. The number of alkyl halides is 4. The Balaban J connectivity index is 1.45. The fraction of sp³-hybridized carbons (Fsp3) is 0.391. The Kier molecular flexibility index (Phi) is 8.25. The summed E-state index contributed by atoms with van der Waals surface area (Å²) < 4.78 is 55.0. The van der Waals surface area contributed by atoms with Gasteiger partial charge in [0.25, 0.3) is 0 Å². The number of ether oxygens (including phenoxy) is 1. The first-order chi connectivity index (χ1) is 15.8. The highest BCUT2D eigenvalue weighted by Gasteiger charge is 2.40. The lowest BCUT2D eigenvalue weighted by Gasteiger charge is -2.34. The molecule has 0 radical (unpaired) electrons. The van der Waals surface area contributed by atoms with Crippen LogP contribution in [0.4, 0.5) is 28.0 Å². The van der Waals surface area contributed by atoms with Gasteiger partial charge in [0.1, 0.15) is 6.61 Å². The molecule has 0 saturated carbocycles. The van der Waals surface area contributed by atoms with Gasteiger partial charge in [-0.2, -0.15) is 14.0 Å². The van der Waals surface area contributed by atoms with Gasteiger partial charge in [-0.15, -0.1) is 0 Å². The number of urea groups is 1. The molecule has 33 heavy (non-hydrogen) atoms. The molecule has 3 rings (SSSR count). The van der Waals surface area contributed by atoms with Crippen LogP contribution in [0.1, 0.15) is 16.7 Å². The summed E-state index contributed by atoms with van der Waals surface area (Å²) in [6.45, 7) is 1.53. The Morgan fingerprint density at radius 3 is 2.42 bits per heavy atom. The molecule has 0 aromatic heterocycles. The fourth-order valence-electron chi connectivity index (χ4n) is 3.36. The van der Waals surface area contributed by atoms with E-state index in [-0.39, 0.29) is 12.6 Å². The topological polar surface area (TPSA) is 68.6 Å². The number of carbonyl (C=O) groups excluding carboxylic acids is 1. The Labute approximate surface area is 189 Å². The van der Waals surface area contributed by atoms with E-state index in [2.05, 4.69) is 16.3 Å². The van der Waals surface area contributed by atoms with Crippen molar-refractivity contribution in [2.45, 2.75) is 25.5 Å². The highest BCUT2D eigenvalue weighted by molar-refractivity contribution is 5.89. The predicted molar refractivity (Wildman–Crippen MR) is 114 cm³/mol. The van der Waals surface area contributed by atoms with E-state index in [1.807, 2.05) is 12.1 Å². The van der Waals surface area contributed by atoms with Crippen LogP contribution < -0.4 is 5.32 Å². The van der Waals surface area contributed by atoms with Crippen molar-refractivity contribution in [2.24, 2.45) is 0 Å². The van der Waals surface area contributed by atoms with E-state index >= 15 is 0 Å². The van der Waals surface area contributed by atoms with Crippen LogP contribution in [-0.4, -0.2) is 61.0 Å². The number of hydrogen-bond donors (Lipinski definition) is 1. The molecule has 0 spiro atoms. The number of carbonyl (C=O) groups is 1. The van der Waals surface area contributed by atoms with Gasteiger partial charge in [-0.25, -0.2) is 13.6 Å². The van der Waals surface area contributed by atoms with Crippen molar-refractivity contribution in [1.82, 2.24) is 9.80 Å². The third kappa shape index (κ3) is 7.17. The lowest BCUT2D eigenvalue weighted by Crippen LogP contribution is -2.49. The predicted octanol–water partition coefficient (Wildman–Crippen LogP) is 4.32. The summed E-state index contributed by atoms with van der Waals surface area (Å²) >= 11 is 0. The third-order valence-electron chi connectivity index (χ3n) is 5.21. The number of benzene rings is 2. The van der Waals surface area contributed by atoms with E-state index in [9.17, 15) is 22.4 Å². The summed E-state index contributed by atoms with van der Waals surface area (Å²) in [4.78, 5) is 16.5. The Morgan fingerprint density at radius 2 is 1.79 bits per heavy atom. The van der Waals surface area contributed by atoms with Gasteiger partial charge in [-0.3, -0.25) is 4.90 Å². The van der Waals surface area contributed by atoms with E-state index in [1.54, 1.807) is 41.3 Å². The second kappa shape index (κ2) is 11.1. The van der Waals surface area contributed by atoms with Crippen LogP contribution in [-0.2, 0) is 17.9 Å². The summed E-state index contributed by atoms with van der Waals surface area (Å²) in [6, 6.07) is 15.6. The van der Waals surface area contributed by atoms with E-state index in [0.717, 1.165) is 12.1 Å². The Morgan fingerprint density at radius 1 is 1.09 bits per heavy atom.